The fourth-order valence-electron chi connectivity index (χ4n) is 0.451. The minimum atomic E-state index is -3.07. The molecule has 0 amide bonds. The first-order chi connectivity index (χ1) is 4.62. The predicted molar refractivity (Wildman–Crippen MR) is 37.6 cm³/mol. The van der Waals surface area contributed by atoms with Crippen molar-refractivity contribution in [3.63, 3.8) is 0 Å². The average Bonchev–Trinajstić information content (AvgIpc) is 1.84. The lowest BCUT2D eigenvalue weighted by Crippen LogP contribution is -2.16. The number of methoxy groups -OCH3 is 1. The highest BCUT2D eigenvalue weighted by atomic mass is 32.2. The van der Waals surface area contributed by atoms with E-state index >= 15 is 0 Å². The van der Waals surface area contributed by atoms with E-state index in [0.29, 0.717) is 0 Å². The van der Waals surface area contributed by atoms with Gasteiger partial charge in [0, 0.05) is 7.11 Å². The first kappa shape index (κ1) is 9.87. The minimum Gasteiger partial charge on any atom is -0.395 e. The number of ether oxygens (including phenoxy) is 1. The molecule has 10 heavy (non-hydrogen) atoms. The molecule has 0 aliphatic heterocycles. The van der Waals surface area contributed by atoms with Gasteiger partial charge in [0.1, 0.15) is 0 Å². The molecule has 0 radical (unpaired) electrons. The van der Waals surface area contributed by atoms with Gasteiger partial charge in [-0.2, -0.15) is 0 Å². The van der Waals surface area contributed by atoms with Crippen LogP contribution in [0.15, 0.2) is 0 Å². The van der Waals surface area contributed by atoms with Crippen molar-refractivity contribution in [1.82, 2.24) is 0 Å². The Balaban J connectivity index is 3.65. The summed E-state index contributed by atoms with van der Waals surface area (Å²) in [5, 5.41) is 8.28. The van der Waals surface area contributed by atoms with Gasteiger partial charge in [0.2, 0.25) is 0 Å². The Kier molecular flexibility index (Phi) is 4.59. The first-order valence-electron chi connectivity index (χ1n) is 2.92. The summed E-state index contributed by atoms with van der Waals surface area (Å²) in [4.78, 5) is 0. The molecular formula is C5H12O4S. The summed E-state index contributed by atoms with van der Waals surface area (Å²) in [7, 11) is -1.63. The molecule has 0 aromatic heterocycles. The molecular weight excluding hydrogens is 156 g/mol. The molecule has 0 aromatic carbocycles. The van der Waals surface area contributed by atoms with Crippen molar-refractivity contribution < 1.29 is 18.3 Å². The van der Waals surface area contributed by atoms with Gasteiger partial charge in [-0.1, -0.05) is 0 Å². The van der Waals surface area contributed by atoms with Crippen molar-refractivity contribution in [2.24, 2.45) is 0 Å². The van der Waals surface area contributed by atoms with Gasteiger partial charge in [-0.05, 0) is 0 Å². The molecule has 0 saturated carbocycles. The number of hydrogen-bond donors (Lipinski definition) is 1. The van der Waals surface area contributed by atoms with Crippen LogP contribution in [0.4, 0.5) is 0 Å². The lowest BCUT2D eigenvalue weighted by atomic mass is 10.9. The molecule has 0 bridgehead atoms. The van der Waals surface area contributed by atoms with Gasteiger partial charge < -0.3 is 9.84 Å². The zero-order valence-electron chi connectivity index (χ0n) is 5.91. The quantitative estimate of drug-likeness (QED) is 0.574. The van der Waals surface area contributed by atoms with E-state index in [0.717, 1.165) is 0 Å². The van der Waals surface area contributed by atoms with E-state index in [2.05, 4.69) is 4.74 Å². The van der Waals surface area contributed by atoms with Crippen molar-refractivity contribution in [2.75, 3.05) is 31.8 Å². The smallest absolute Gasteiger partial charge is 0.154 e. The van der Waals surface area contributed by atoms with Crippen LogP contribution in [0.25, 0.3) is 0 Å². The fourth-order valence-corrected chi connectivity index (χ4v) is 1.35. The van der Waals surface area contributed by atoms with Gasteiger partial charge in [-0.3, -0.25) is 0 Å². The Morgan fingerprint density at radius 3 is 2.40 bits per heavy atom. The third kappa shape index (κ3) is 4.72. The molecule has 0 spiro atoms. The van der Waals surface area contributed by atoms with Crippen molar-refractivity contribution in [3.8, 4) is 0 Å². The maximum atomic E-state index is 10.7. The van der Waals surface area contributed by atoms with Gasteiger partial charge in [0.15, 0.2) is 9.84 Å². The molecule has 0 rings (SSSR count). The van der Waals surface area contributed by atoms with Crippen LogP contribution < -0.4 is 0 Å². The van der Waals surface area contributed by atoms with Gasteiger partial charge >= 0.3 is 0 Å². The molecule has 0 heterocycles. The summed E-state index contributed by atoms with van der Waals surface area (Å²) in [6.07, 6.45) is 0. The lowest BCUT2D eigenvalue weighted by Gasteiger charge is -1.99. The van der Waals surface area contributed by atoms with E-state index in [1.54, 1.807) is 0 Å². The summed E-state index contributed by atoms with van der Waals surface area (Å²) in [5.74, 6) is -0.180. The number of aliphatic hydroxyl groups excluding tert-OH is 1. The topological polar surface area (TPSA) is 63.6 Å². The van der Waals surface area contributed by atoms with Crippen molar-refractivity contribution in [3.05, 3.63) is 0 Å². The van der Waals surface area contributed by atoms with Gasteiger partial charge in [0.05, 0.1) is 24.7 Å². The summed E-state index contributed by atoms with van der Waals surface area (Å²) in [6.45, 7) is -0.117. The summed E-state index contributed by atoms with van der Waals surface area (Å²) in [6, 6.07) is 0. The Labute approximate surface area is 60.7 Å². The monoisotopic (exact) mass is 168 g/mol. The molecule has 5 heteroatoms. The predicted octanol–water partition coefficient (Wildman–Crippen LogP) is -0.960. The van der Waals surface area contributed by atoms with E-state index < -0.39 is 9.84 Å². The Hall–Kier alpha value is -0.130. The summed E-state index contributed by atoms with van der Waals surface area (Å²) in [5.41, 5.74) is 0. The third-order valence-electron chi connectivity index (χ3n) is 1.00. The Morgan fingerprint density at radius 2 is 2.00 bits per heavy atom. The van der Waals surface area contributed by atoms with Crippen LogP contribution in [0.1, 0.15) is 0 Å². The van der Waals surface area contributed by atoms with Gasteiger partial charge in [0.25, 0.3) is 0 Å². The highest BCUT2D eigenvalue weighted by molar-refractivity contribution is 7.91. The Morgan fingerprint density at radius 1 is 1.40 bits per heavy atom. The second-order valence-electron chi connectivity index (χ2n) is 1.87. The molecule has 1 N–H and O–H groups in total. The second kappa shape index (κ2) is 4.65. The maximum absolute atomic E-state index is 10.7. The molecule has 0 atom stereocenters. The van der Waals surface area contributed by atoms with Crippen molar-refractivity contribution in [1.29, 1.82) is 0 Å². The molecule has 4 nitrogen and oxygen atoms in total. The van der Waals surface area contributed by atoms with E-state index in [4.69, 9.17) is 5.11 Å². The maximum Gasteiger partial charge on any atom is 0.154 e. The molecule has 0 aliphatic rings. The lowest BCUT2D eigenvalue weighted by molar-refractivity contribution is 0.217. The van der Waals surface area contributed by atoms with Gasteiger partial charge in [-0.25, -0.2) is 8.42 Å². The van der Waals surface area contributed by atoms with Crippen molar-refractivity contribution in [2.45, 2.75) is 0 Å². The zero-order valence-corrected chi connectivity index (χ0v) is 6.73. The van der Waals surface area contributed by atoms with Gasteiger partial charge in [-0.15, -0.1) is 0 Å². The molecule has 0 saturated heterocycles. The van der Waals surface area contributed by atoms with Crippen LogP contribution in [0.5, 0.6) is 0 Å². The van der Waals surface area contributed by atoms with Crippen LogP contribution in [-0.2, 0) is 14.6 Å². The Bertz CT molecular complexity index is 160. The molecule has 0 fully saturated rings. The fraction of sp³-hybridized carbons (Fsp3) is 1.00. The van der Waals surface area contributed by atoms with E-state index in [-0.39, 0.29) is 24.7 Å². The van der Waals surface area contributed by atoms with E-state index in [1.807, 2.05) is 0 Å². The van der Waals surface area contributed by atoms with Crippen LogP contribution in [0, 0.1) is 0 Å². The average molecular weight is 168 g/mol. The largest absolute Gasteiger partial charge is 0.395 e. The highest BCUT2D eigenvalue weighted by Gasteiger charge is 2.07. The van der Waals surface area contributed by atoms with E-state index in [1.165, 1.54) is 7.11 Å². The number of sulfone groups is 1. The molecule has 62 valence electrons. The van der Waals surface area contributed by atoms with Crippen LogP contribution >= 0.6 is 0 Å². The summed E-state index contributed by atoms with van der Waals surface area (Å²) >= 11 is 0. The van der Waals surface area contributed by atoms with E-state index in [9.17, 15) is 8.42 Å². The standard InChI is InChI=1S/C5H12O4S/c1-9-3-5-10(7,8)4-2-6/h6H,2-5H2,1H3. The number of aliphatic hydroxyl groups is 1. The molecule has 0 aliphatic carbocycles. The molecule has 0 unspecified atom stereocenters. The normalized spacial score (nSPS) is 11.8. The minimum absolute atomic E-state index is 0.00986. The number of hydrogen-bond acceptors (Lipinski definition) is 4. The van der Waals surface area contributed by atoms with Crippen molar-refractivity contribution >= 4 is 9.84 Å². The third-order valence-corrected chi connectivity index (χ3v) is 2.59. The molecule has 0 aromatic rings. The SMILES string of the molecule is COCCS(=O)(=O)CCO. The van der Waals surface area contributed by atoms with Crippen LogP contribution in [0.3, 0.4) is 0 Å². The van der Waals surface area contributed by atoms with Crippen LogP contribution in [-0.4, -0.2) is 45.4 Å². The number of rotatable bonds is 5. The second-order valence-corrected chi connectivity index (χ2v) is 4.17. The zero-order chi connectivity index (χ0) is 8.04. The van der Waals surface area contributed by atoms with Crippen LogP contribution in [0.2, 0.25) is 0 Å². The highest BCUT2D eigenvalue weighted by Crippen LogP contribution is 1.88. The first-order valence-corrected chi connectivity index (χ1v) is 4.75. The summed E-state index contributed by atoms with van der Waals surface area (Å²) < 4.78 is 26.1.